The molecule has 18 heavy (non-hydrogen) atoms. The maximum absolute atomic E-state index is 12.1. The predicted octanol–water partition coefficient (Wildman–Crippen LogP) is 1.65. The van der Waals surface area contributed by atoms with Gasteiger partial charge in [-0.15, -0.1) is 0 Å². The SMILES string of the molecule is Cc1cccc(C)c1NS(=O)(=O)CC1CCNC1. The first-order chi connectivity index (χ1) is 8.48. The second-order valence-electron chi connectivity index (χ2n) is 5.01. The molecule has 0 aliphatic carbocycles. The first-order valence-electron chi connectivity index (χ1n) is 6.25. The van der Waals surface area contributed by atoms with Crippen LogP contribution >= 0.6 is 0 Å². The monoisotopic (exact) mass is 268 g/mol. The van der Waals surface area contributed by atoms with E-state index in [4.69, 9.17) is 0 Å². The summed E-state index contributed by atoms with van der Waals surface area (Å²) in [4.78, 5) is 0. The molecule has 1 aromatic rings. The van der Waals surface area contributed by atoms with Gasteiger partial charge in [-0.2, -0.15) is 0 Å². The standard InChI is InChI=1S/C13H20N2O2S/c1-10-4-3-5-11(2)13(10)15-18(16,17)9-12-6-7-14-8-12/h3-5,12,14-15H,6-9H2,1-2H3. The Bertz CT molecular complexity index is 500. The van der Waals surface area contributed by atoms with Gasteiger partial charge in [0.2, 0.25) is 10.0 Å². The van der Waals surface area contributed by atoms with Crippen LogP contribution in [0, 0.1) is 19.8 Å². The molecule has 0 aromatic heterocycles. The van der Waals surface area contributed by atoms with Gasteiger partial charge < -0.3 is 5.32 Å². The summed E-state index contributed by atoms with van der Waals surface area (Å²) in [6.45, 7) is 5.56. The Morgan fingerprint density at radius 1 is 1.33 bits per heavy atom. The summed E-state index contributed by atoms with van der Waals surface area (Å²) in [7, 11) is -3.25. The molecule has 1 aromatic carbocycles. The number of anilines is 1. The van der Waals surface area contributed by atoms with Crippen LogP contribution in [0.5, 0.6) is 0 Å². The Morgan fingerprint density at radius 2 is 2.00 bits per heavy atom. The van der Waals surface area contributed by atoms with Crippen LogP contribution in [0.1, 0.15) is 17.5 Å². The molecular formula is C13H20N2O2S. The Morgan fingerprint density at radius 3 is 2.56 bits per heavy atom. The van der Waals surface area contributed by atoms with Crippen molar-refractivity contribution >= 4 is 15.7 Å². The quantitative estimate of drug-likeness (QED) is 0.873. The molecule has 0 bridgehead atoms. The zero-order chi connectivity index (χ0) is 13.2. The average molecular weight is 268 g/mol. The zero-order valence-electron chi connectivity index (χ0n) is 10.9. The van der Waals surface area contributed by atoms with Crippen molar-refractivity contribution in [2.45, 2.75) is 20.3 Å². The summed E-state index contributed by atoms with van der Waals surface area (Å²) in [5, 5.41) is 3.19. The number of sulfonamides is 1. The van der Waals surface area contributed by atoms with E-state index < -0.39 is 10.0 Å². The van der Waals surface area contributed by atoms with Gasteiger partial charge in [-0.1, -0.05) is 18.2 Å². The summed E-state index contributed by atoms with van der Waals surface area (Å²) < 4.78 is 27.0. The Hall–Kier alpha value is -1.07. The normalized spacial score (nSPS) is 20.0. The topological polar surface area (TPSA) is 58.2 Å². The highest BCUT2D eigenvalue weighted by Gasteiger charge is 2.23. The third-order valence-corrected chi connectivity index (χ3v) is 4.78. The molecule has 100 valence electrons. The van der Waals surface area contributed by atoms with E-state index in [1.165, 1.54) is 0 Å². The molecule has 1 aliphatic heterocycles. The van der Waals surface area contributed by atoms with E-state index >= 15 is 0 Å². The zero-order valence-corrected chi connectivity index (χ0v) is 11.7. The van der Waals surface area contributed by atoms with Crippen molar-refractivity contribution in [3.05, 3.63) is 29.3 Å². The Balaban J connectivity index is 2.12. The minimum Gasteiger partial charge on any atom is -0.316 e. The van der Waals surface area contributed by atoms with Crippen molar-refractivity contribution in [2.75, 3.05) is 23.6 Å². The van der Waals surface area contributed by atoms with Crippen molar-refractivity contribution < 1.29 is 8.42 Å². The van der Waals surface area contributed by atoms with Gasteiger partial charge in [0.25, 0.3) is 0 Å². The Kier molecular flexibility index (Phi) is 3.92. The van der Waals surface area contributed by atoms with E-state index in [1.54, 1.807) is 0 Å². The van der Waals surface area contributed by atoms with E-state index in [0.29, 0.717) is 0 Å². The van der Waals surface area contributed by atoms with Crippen LogP contribution in [0.2, 0.25) is 0 Å². The van der Waals surface area contributed by atoms with E-state index in [-0.39, 0.29) is 11.7 Å². The fourth-order valence-corrected chi connectivity index (χ4v) is 3.96. The van der Waals surface area contributed by atoms with Crippen molar-refractivity contribution in [2.24, 2.45) is 5.92 Å². The molecule has 1 aliphatic rings. The number of rotatable bonds is 4. The Labute approximate surface area is 109 Å². The molecule has 0 saturated carbocycles. The second kappa shape index (κ2) is 5.28. The lowest BCUT2D eigenvalue weighted by atomic mass is 10.1. The molecule has 1 fully saturated rings. The lowest BCUT2D eigenvalue weighted by Gasteiger charge is -2.15. The van der Waals surface area contributed by atoms with Crippen LogP contribution in [0.25, 0.3) is 0 Å². The summed E-state index contributed by atoms with van der Waals surface area (Å²) >= 11 is 0. The van der Waals surface area contributed by atoms with Gasteiger partial charge in [0, 0.05) is 0 Å². The fourth-order valence-electron chi connectivity index (χ4n) is 2.34. The van der Waals surface area contributed by atoms with Crippen molar-refractivity contribution in [1.82, 2.24) is 5.32 Å². The van der Waals surface area contributed by atoms with Gasteiger partial charge in [0.15, 0.2) is 0 Å². The molecule has 1 saturated heterocycles. The van der Waals surface area contributed by atoms with Gasteiger partial charge >= 0.3 is 0 Å². The third kappa shape index (κ3) is 3.23. The van der Waals surface area contributed by atoms with E-state index in [1.807, 2.05) is 32.0 Å². The van der Waals surface area contributed by atoms with Gasteiger partial charge in [-0.05, 0) is 50.4 Å². The van der Waals surface area contributed by atoms with E-state index in [9.17, 15) is 8.42 Å². The largest absolute Gasteiger partial charge is 0.316 e. The summed E-state index contributed by atoms with van der Waals surface area (Å²) in [6.07, 6.45) is 0.938. The highest BCUT2D eigenvalue weighted by atomic mass is 32.2. The smallest absolute Gasteiger partial charge is 0.233 e. The number of hydrogen-bond donors (Lipinski definition) is 2. The minimum absolute atomic E-state index is 0.202. The van der Waals surface area contributed by atoms with Gasteiger partial charge in [0.05, 0.1) is 11.4 Å². The highest BCUT2D eigenvalue weighted by molar-refractivity contribution is 7.92. The van der Waals surface area contributed by atoms with Crippen molar-refractivity contribution in [3.63, 3.8) is 0 Å². The number of para-hydroxylation sites is 1. The van der Waals surface area contributed by atoms with Gasteiger partial charge in [-0.3, -0.25) is 4.72 Å². The van der Waals surface area contributed by atoms with Gasteiger partial charge in [-0.25, -0.2) is 8.42 Å². The summed E-state index contributed by atoms with van der Waals surface area (Å²) in [5.74, 6) is 0.431. The fraction of sp³-hybridized carbons (Fsp3) is 0.538. The molecular weight excluding hydrogens is 248 g/mol. The van der Waals surface area contributed by atoms with Gasteiger partial charge in [0.1, 0.15) is 0 Å². The maximum Gasteiger partial charge on any atom is 0.233 e. The molecule has 0 spiro atoms. The molecule has 4 nitrogen and oxygen atoms in total. The highest BCUT2D eigenvalue weighted by Crippen LogP contribution is 2.22. The molecule has 2 rings (SSSR count). The minimum atomic E-state index is -3.25. The van der Waals surface area contributed by atoms with Crippen molar-refractivity contribution in [1.29, 1.82) is 0 Å². The molecule has 2 N–H and O–H groups in total. The van der Waals surface area contributed by atoms with Crippen LogP contribution in [0.15, 0.2) is 18.2 Å². The summed E-state index contributed by atoms with van der Waals surface area (Å²) in [5.41, 5.74) is 2.65. The molecule has 1 heterocycles. The predicted molar refractivity (Wildman–Crippen MR) is 74.3 cm³/mol. The van der Waals surface area contributed by atoms with Crippen molar-refractivity contribution in [3.8, 4) is 0 Å². The lowest BCUT2D eigenvalue weighted by Crippen LogP contribution is -2.24. The third-order valence-electron chi connectivity index (χ3n) is 3.36. The first kappa shape index (κ1) is 13.4. The van der Waals surface area contributed by atoms with E-state index in [0.717, 1.165) is 36.3 Å². The van der Waals surface area contributed by atoms with Crippen LogP contribution in [0.3, 0.4) is 0 Å². The van der Waals surface area contributed by atoms with E-state index in [2.05, 4.69) is 10.0 Å². The molecule has 1 unspecified atom stereocenters. The number of aryl methyl sites for hydroxylation is 2. The number of benzene rings is 1. The molecule has 0 amide bonds. The second-order valence-corrected chi connectivity index (χ2v) is 6.78. The maximum atomic E-state index is 12.1. The number of hydrogen-bond acceptors (Lipinski definition) is 3. The molecule has 0 radical (unpaired) electrons. The van der Waals surface area contributed by atoms with Crippen LogP contribution in [0.4, 0.5) is 5.69 Å². The summed E-state index contributed by atoms with van der Waals surface area (Å²) in [6, 6.07) is 5.77. The number of nitrogens with one attached hydrogen (secondary N) is 2. The lowest BCUT2D eigenvalue weighted by molar-refractivity contribution is 0.575. The molecule has 1 atom stereocenters. The first-order valence-corrected chi connectivity index (χ1v) is 7.90. The average Bonchev–Trinajstić information content (AvgIpc) is 2.75. The van der Waals surface area contributed by atoms with Crippen LogP contribution in [-0.2, 0) is 10.0 Å². The molecule has 5 heteroatoms. The van der Waals surface area contributed by atoms with Crippen LogP contribution < -0.4 is 10.0 Å². The van der Waals surface area contributed by atoms with Crippen LogP contribution in [-0.4, -0.2) is 27.3 Å².